The van der Waals surface area contributed by atoms with Gasteiger partial charge < -0.3 is 15.0 Å². The van der Waals surface area contributed by atoms with E-state index >= 15 is 0 Å². The van der Waals surface area contributed by atoms with E-state index in [1.165, 1.54) is 56.6 Å². The zero-order chi connectivity index (χ0) is 13.8. The molecule has 3 heteroatoms. The molecule has 0 aromatic heterocycles. The van der Waals surface area contributed by atoms with E-state index in [9.17, 15) is 0 Å². The fourth-order valence-electron chi connectivity index (χ4n) is 3.54. The Morgan fingerprint density at radius 1 is 1.10 bits per heavy atom. The number of hydrogen-bond donors (Lipinski definition) is 1. The fourth-order valence-corrected chi connectivity index (χ4v) is 3.54. The molecule has 2 unspecified atom stereocenters. The standard InChI is InChI=1S/C17H26N2O/c1-20-15-8-6-7-14(13-15)18-16-9-2-3-10-17(16)19-11-4-5-12-19/h2-3,9-10,14-15,18H,4-8,11-13H2,1H3. The third kappa shape index (κ3) is 3.09. The van der Waals surface area contributed by atoms with Crippen molar-refractivity contribution in [2.75, 3.05) is 30.4 Å². The van der Waals surface area contributed by atoms with E-state index in [0.717, 1.165) is 6.42 Å². The summed E-state index contributed by atoms with van der Waals surface area (Å²) in [7, 11) is 1.84. The van der Waals surface area contributed by atoms with Crippen LogP contribution in [-0.4, -0.2) is 32.3 Å². The van der Waals surface area contributed by atoms with Gasteiger partial charge in [-0.1, -0.05) is 12.1 Å². The Morgan fingerprint density at radius 3 is 2.70 bits per heavy atom. The van der Waals surface area contributed by atoms with E-state index in [1.807, 2.05) is 7.11 Å². The van der Waals surface area contributed by atoms with Gasteiger partial charge in [-0.15, -0.1) is 0 Å². The van der Waals surface area contributed by atoms with Crippen molar-refractivity contribution in [3.05, 3.63) is 24.3 Å². The normalized spacial score (nSPS) is 26.8. The fraction of sp³-hybridized carbons (Fsp3) is 0.647. The summed E-state index contributed by atoms with van der Waals surface area (Å²) in [5.74, 6) is 0. The molecule has 1 aliphatic heterocycles. The van der Waals surface area contributed by atoms with Gasteiger partial charge in [0.15, 0.2) is 0 Å². The number of para-hydroxylation sites is 2. The topological polar surface area (TPSA) is 24.5 Å². The summed E-state index contributed by atoms with van der Waals surface area (Å²) in [5, 5.41) is 3.77. The van der Waals surface area contributed by atoms with Crippen LogP contribution in [0.3, 0.4) is 0 Å². The van der Waals surface area contributed by atoms with Crippen molar-refractivity contribution >= 4 is 11.4 Å². The molecule has 2 atom stereocenters. The number of nitrogens with one attached hydrogen (secondary N) is 1. The Labute approximate surface area is 122 Å². The third-order valence-corrected chi connectivity index (χ3v) is 4.67. The molecule has 3 rings (SSSR count). The van der Waals surface area contributed by atoms with Gasteiger partial charge in [0.1, 0.15) is 0 Å². The molecule has 20 heavy (non-hydrogen) atoms. The van der Waals surface area contributed by atoms with Gasteiger partial charge in [0.2, 0.25) is 0 Å². The average molecular weight is 274 g/mol. The smallest absolute Gasteiger partial charge is 0.0602 e. The summed E-state index contributed by atoms with van der Waals surface area (Å²) >= 11 is 0. The first-order chi connectivity index (χ1) is 9.86. The molecule has 1 heterocycles. The summed E-state index contributed by atoms with van der Waals surface area (Å²) in [5.41, 5.74) is 2.68. The van der Waals surface area contributed by atoms with Gasteiger partial charge in [-0.05, 0) is 50.7 Å². The summed E-state index contributed by atoms with van der Waals surface area (Å²) in [6, 6.07) is 9.32. The number of anilines is 2. The molecule has 3 nitrogen and oxygen atoms in total. The summed E-state index contributed by atoms with van der Waals surface area (Å²) in [4.78, 5) is 2.51. The van der Waals surface area contributed by atoms with Gasteiger partial charge in [-0.2, -0.15) is 0 Å². The highest BCUT2D eigenvalue weighted by Gasteiger charge is 2.23. The molecule has 0 radical (unpaired) electrons. The second-order valence-corrected chi connectivity index (χ2v) is 6.08. The lowest BCUT2D eigenvalue weighted by atomic mass is 9.92. The zero-order valence-electron chi connectivity index (χ0n) is 12.5. The van der Waals surface area contributed by atoms with Gasteiger partial charge in [0.25, 0.3) is 0 Å². The van der Waals surface area contributed by atoms with Crippen LogP contribution < -0.4 is 10.2 Å². The van der Waals surface area contributed by atoms with Crippen LogP contribution in [0.2, 0.25) is 0 Å². The van der Waals surface area contributed by atoms with E-state index < -0.39 is 0 Å². The van der Waals surface area contributed by atoms with Crippen molar-refractivity contribution in [1.29, 1.82) is 0 Å². The van der Waals surface area contributed by atoms with Gasteiger partial charge in [-0.3, -0.25) is 0 Å². The van der Waals surface area contributed by atoms with Gasteiger partial charge >= 0.3 is 0 Å². The first-order valence-corrected chi connectivity index (χ1v) is 8.00. The highest BCUT2D eigenvalue weighted by molar-refractivity contribution is 5.70. The molecule has 1 saturated carbocycles. The van der Waals surface area contributed by atoms with Gasteiger partial charge in [0.05, 0.1) is 17.5 Å². The van der Waals surface area contributed by atoms with Crippen molar-refractivity contribution in [3.8, 4) is 0 Å². The number of hydrogen-bond acceptors (Lipinski definition) is 3. The van der Waals surface area contributed by atoms with E-state index in [4.69, 9.17) is 4.74 Å². The first-order valence-electron chi connectivity index (χ1n) is 8.00. The van der Waals surface area contributed by atoms with E-state index in [2.05, 4.69) is 34.5 Å². The second kappa shape index (κ2) is 6.49. The lowest BCUT2D eigenvalue weighted by Crippen LogP contribution is -2.31. The summed E-state index contributed by atoms with van der Waals surface area (Å²) < 4.78 is 5.54. The maximum atomic E-state index is 5.54. The molecule has 0 spiro atoms. The molecular weight excluding hydrogens is 248 g/mol. The van der Waals surface area contributed by atoms with Crippen molar-refractivity contribution in [2.45, 2.75) is 50.7 Å². The van der Waals surface area contributed by atoms with Crippen LogP contribution in [0.4, 0.5) is 11.4 Å². The van der Waals surface area contributed by atoms with Crippen LogP contribution in [0.5, 0.6) is 0 Å². The van der Waals surface area contributed by atoms with Crippen molar-refractivity contribution in [2.24, 2.45) is 0 Å². The maximum Gasteiger partial charge on any atom is 0.0602 e. The minimum absolute atomic E-state index is 0.431. The average Bonchev–Trinajstić information content (AvgIpc) is 3.02. The lowest BCUT2D eigenvalue weighted by Gasteiger charge is -2.31. The Balaban J connectivity index is 1.70. The molecule has 2 fully saturated rings. The van der Waals surface area contributed by atoms with E-state index in [1.54, 1.807) is 0 Å². The van der Waals surface area contributed by atoms with Crippen molar-refractivity contribution in [1.82, 2.24) is 0 Å². The SMILES string of the molecule is COC1CCCC(Nc2ccccc2N2CCCC2)C1. The van der Waals surface area contributed by atoms with E-state index in [0.29, 0.717) is 12.1 Å². The van der Waals surface area contributed by atoms with Crippen LogP contribution in [-0.2, 0) is 4.74 Å². The van der Waals surface area contributed by atoms with Crippen molar-refractivity contribution < 1.29 is 4.74 Å². The Morgan fingerprint density at radius 2 is 1.90 bits per heavy atom. The van der Waals surface area contributed by atoms with Crippen molar-refractivity contribution in [3.63, 3.8) is 0 Å². The van der Waals surface area contributed by atoms with Gasteiger partial charge in [-0.25, -0.2) is 0 Å². The van der Waals surface area contributed by atoms with Crippen LogP contribution >= 0.6 is 0 Å². The quantitative estimate of drug-likeness (QED) is 0.907. The summed E-state index contributed by atoms with van der Waals surface area (Å²) in [6.45, 7) is 2.40. The number of ether oxygens (including phenoxy) is 1. The highest BCUT2D eigenvalue weighted by atomic mass is 16.5. The second-order valence-electron chi connectivity index (χ2n) is 6.08. The minimum Gasteiger partial charge on any atom is -0.381 e. The number of benzene rings is 1. The number of methoxy groups -OCH3 is 1. The predicted octanol–water partition coefficient (Wildman–Crippen LogP) is 3.66. The number of rotatable bonds is 4. The minimum atomic E-state index is 0.431. The zero-order valence-corrected chi connectivity index (χ0v) is 12.5. The Hall–Kier alpha value is -1.22. The van der Waals surface area contributed by atoms with Crippen LogP contribution in [0.25, 0.3) is 0 Å². The molecule has 0 bridgehead atoms. The number of nitrogens with zero attached hydrogens (tertiary/aromatic N) is 1. The predicted molar refractivity (Wildman–Crippen MR) is 84.6 cm³/mol. The molecule has 0 amide bonds. The molecule has 110 valence electrons. The molecule has 1 aromatic rings. The highest BCUT2D eigenvalue weighted by Crippen LogP contribution is 2.31. The molecule has 1 N–H and O–H groups in total. The lowest BCUT2D eigenvalue weighted by molar-refractivity contribution is 0.0669. The van der Waals surface area contributed by atoms with Gasteiger partial charge in [0, 0.05) is 26.2 Å². The van der Waals surface area contributed by atoms with E-state index in [-0.39, 0.29) is 0 Å². The van der Waals surface area contributed by atoms with Crippen LogP contribution in [0.1, 0.15) is 38.5 Å². The van der Waals surface area contributed by atoms with Crippen LogP contribution in [0, 0.1) is 0 Å². The largest absolute Gasteiger partial charge is 0.381 e. The molecule has 1 aliphatic carbocycles. The molecule has 2 aliphatic rings. The third-order valence-electron chi connectivity index (χ3n) is 4.67. The Kier molecular flexibility index (Phi) is 4.46. The monoisotopic (exact) mass is 274 g/mol. The Bertz CT molecular complexity index is 429. The first kappa shape index (κ1) is 13.7. The summed E-state index contributed by atoms with van der Waals surface area (Å²) in [6.07, 6.45) is 7.94. The molecular formula is C17H26N2O. The maximum absolute atomic E-state index is 5.54. The molecule has 1 aromatic carbocycles. The molecule has 1 saturated heterocycles. The van der Waals surface area contributed by atoms with Crippen LogP contribution in [0.15, 0.2) is 24.3 Å².